The van der Waals surface area contributed by atoms with Gasteiger partial charge in [0.05, 0.1) is 11.4 Å². The molecule has 4 rings (SSSR count). The van der Waals surface area contributed by atoms with Gasteiger partial charge in [-0.2, -0.15) is 0 Å². The summed E-state index contributed by atoms with van der Waals surface area (Å²) in [6.07, 6.45) is 1.60. The lowest BCUT2D eigenvalue weighted by Gasteiger charge is -2.12. The van der Waals surface area contributed by atoms with E-state index < -0.39 is 0 Å². The summed E-state index contributed by atoms with van der Waals surface area (Å²) in [5.41, 5.74) is 2.91. The maximum absolute atomic E-state index is 12.9. The van der Waals surface area contributed by atoms with Gasteiger partial charge in [0.2, 0.25) is 0 Å². The van der Waals surface area contributed by atoms with Crippen LogP contribution in [-0.4, -0.2) is 28.6 Å². The SMILES string of the molecule is Cc1ccc(NC(=O)COc2ccc(Br)cc2/C=C2\SC(=O)N(Cc3ccccc3)C2=O)cc1Cl. The third kappa shape index (κ3) is 6.33. The first-order chi connectivity index (χ1) is 16.8. The van der Waals surface area contributed by atoms with Crippen LogP contribution in [0.25, 0.3) is 6.08 Å². The normalized spacial score (nSPS) is 14.5. The van der Waals surface area contributed by atoms with E-state index >= 15 is 0 Å². The van der Waals surface area contributed by atoms with Crippen LogP contribution >= 0.6 is 39.3 Å². The first-order valence-corrected chi connectivity index (χ1v) is 12.6. The second kappa shape index (κ2) is 11.1. The molecule has 0 unspecified atom stereocenters. The van der Waals surface area contributed by atoms with E-state index in [0.717, 1.165) is 27.4 Å². The Balaban J connectivity index is 1.47. The Labute approximate surface area is 220 Å². The van der Waals surface area contributed by atoms with Crippen molar-refractivity contribution in [2.45, 2.75) is 13.5 Å². The fourth-order valence-electron chi connectivity index (χ4n) is 3.32. The summed E-state index contributed by atoms with van der Waals surface area (Å²) in [5, 5.41) is 2.96. The van der Waals surface area contributed by atoms with Crippen LogP contribution in [0.4, 0.5) is 10.5 Å². The topological polar surface area (TPSA) is 75.7 Å². The van der Waals surface area contributed by atoms with Crippen molar-refractivity contribution in [3.63, 3.8) is 0 Å². The van der Waals surface area contributed by atoms with E-state index in [1.165, 1.54) is 4.90 Å². The molecule has 35 heavy (non-hydrogen) atoms. The van der Waals surface area contributed by atoms with Gasteiger partial charge in [0.15, 0.2) is 6.61 Å². The molecule has 178 valence electrons. The molecule has 1 heterocycles. The average molecular weight is 572 g/mol. The first-order valence-electron chi connectivity index (χ1n) is 10.6. The van der Waals surface area contributed by atoms with Crippen molar-refractivity contribution in [2.24, 2.45) is 0 Å². The zero-order chi connectivity index (χ0) is 24.9. The third-order valence-corrected chi connectivity index (χ3v) is 6.94. The molecule has 0 radical (unpaired) electrons. The number of imide groups is 1. The molecule has 3 aromatic carbocycles. The Morgan fingerprint density at radius 3 is 2.63 bits per heavy atom. The highest BCUT2D eigenvalue weighted by atomic mass is 79.9. The molecule has 0 spiro atoms. The fraction of sp³-hybridized carbons (Fsp3) is 0.115. The number of hydrogen-bond donors (Lipinski definition) is 1. The molecular formula is C26H20BrClN2O4S. The van der Waals surface area contributed by atoms with Gasteiger partial charge in [-0.1, -0.05) is 63.9 Å². The van der Waals surface area contributed by atoms with E-state index in [1.54, 1.807) is 36.4 Å². The maximum atomic E-state index is 12.9. The molecule has 1 aliphatic heterocycles. The minimum atomic E-state index is -0.372. The number of anilines is 1. The van der Waals surface area contributed by atoms with Crippen molar-refractivity contribution >= 4 is 68.1 Å². The van der Waals surface area contributed by atoms with E-state index in [4.69, 9.17) is 16.3 Å². The molecule has 1 saturated heterocycles. The lowest BCUT2D eigenvalue weighted by atomic mass is 10.1. The Morgan fingerprint density at radius 1 is 1.11 bits per heavy atom. The quantitative estimate of drug-likeness (QED) is 0.321. The molecule has 3 amide bonds. The number of benzene rings is 3. The van der Waals surface area contributed by atoms with Gasteiger partial charge in [0, 0.05) is 20.7 Å². The van der Waals surface area contributed by atoms with Crippen molar-refractivity contribution in [2.75, 3.05) is 11.9 Å². The number of halogens is 2. The minimum Gasteiger partial charge on any atom is -0.483 e. The zero-order valence-corrected chi connectivity index (χ0v) is 21.7. The third-order valence-electron chi connectivity index (χ3n) is 5.13. The molecule has 1 N–H and O–H groups in total. The summed E-state index contributed by atoms with van der Waals surface area (Å²) >= 11 is 10.4. The number of nitrogens with one attached hydrogen (secondary N) is 1. The van der Waals surface area contributed by atoms with Gasteiger partial charge in [0.25, 0.3) is 17.1 Å². The van der Waals surface area contributed by atoms with Gasteiger partial charge in [-0.15, -0.1) is 0 Å². The molecule has 0 atom stereocenters. The summed E-state index contributed by atoms with van der Waals surface area (Å²) in [6, 6.07) is 19.8. The highest BCUT2D eigenvalue weighted by Gasteiger charge is 2.35. The summed E-state index contributed by atoms with van der Waals surface area (Å²) in [4.78, 5) is 39.3. The number of ether oxygens (including phenoxy) is 1. The summed E-state index contributed by atoms with van der Waals surface area (Å²) in [6.45, 7) is 1.83. The van der Waals surface area contributed by atoms with Crippen molar-refractivity contribution in [1.29, 1.82) is 0 Å². The van der Waals surface area contributed by atoms with Gasteiger partial charge < -0.3 is 10.1 Å². The Hall–Kier alpha value is -3.07. The number of amides is 3. The largest absolute Gasteiger partial charge is 0.483 e. The molecule has 0 aliphatic carbocycles. The van der Waals surface area contributed by atoms with E-state index in [-0.39, 0.29) is 35.1 Å². The van der Waals surface area contributed by atoms with Gasteiger partial charge in [0.1, 0.15) is 5.75 Å². The van der Waals surface area contributed by atoms with Gasteiger partial charge in [-0.3, -0.25) is 19.3 Å². The second-order valence-electron chi connectivity index (χ2n) is 7.74. The highest BCUT2D eigenvalue weighted by molar-refractivity contribution is 9.10. The highest BCUT2D eigenvalue weighted by Crippen LogP contribution is 2.35. The van der Waals surface area contributed by atoms with Gasteiger partial charge in [-0.05, 0) is 66.2 Å². The molecule has 0 saturated carbocycles. The average Bonchev–Trinajstić information content (AvgIpc) is 3.09. The lowest BCUT2D eigenvalue weighted by molar-refractivity contribution is -0.123. The predicted molar refractivity (Wildman–Crippen MR) is 142 cm³/mol. The molecule has 1 fully saturated rings. The second-order valence-corrected chi connectivity index (χ2v) is 10.1. The van der Waals surface area contributed by atoms with Crippen LogP contribution in [0.3, 0.4) is 0 Å². The van der Waals surface area contributed by atoms with Crippen LogP contribution in [-0.2, 0) is 16.1 Å². The number of thioether (sulfide) groups is 1. The molecule has 6 nitrogen and oxygen atoms in total. The van der Waals surface area contributed by atoms with E-state index in [0.29, 0.717) is 22.0 Å². The van der Waals surface area contributed by atoms with Crippen molar-refractivity contribution in [3.05, 3.63) is 97.8 Å². The zero-order valence-electron chi connectivity index (χ0n) is 18.6. The van der Waals surface area contributed by atoms with E-state index in [1.807, 2.05) is 43.3 Å². The number of aryl methyl sites for hydroxylation is 1. The lowest BCUT2D eigenvalue weighted by Crippen LogP contribution is -2.27. The molecule has 3 aromatic rings. The standard InChI is InChI=1S/C26H20BrClN2O4S/c1-16-7-9-20(13-21(16)28)29-24(31)15-34-22-10-8-19(27)11-18(22)12-23-25(32)30(26(33)35-23)14-17-5-3-2-4-6-17/h2-13H,14-15H2,1H3,(H,29,31)/b23-12-. The summed E-state index contributed by atoms with van der Waals surface area (Å²) in [7, 11) is 0. The number of rotatable bonds is 7. The van der Waals surface area contributed by atoms with Crippen molar-refractivity contribution in [3.8, 4) is 5.75 Å². The monoisotopic (exact) mass is 570 g/mol. The molecular weight excluding hydrogens is 552 g/mol. The van der Waals surface area contributed by atoms with Crippen LogP contribution in [0.15, 0.2) is 76.1 Å². The Kier molecular flexibility index (Phi) is 7.95. The van der Waals surface area contributed by atoms with Crippen LogP contribution in [0.2, 0.25) is 5.02 Å². The van der Waals surface area contributed by atoms with Crippen LogP contribution < -0.4 is 10.1 Å². The van der Waals surface area contributed by atoms with E-state index in [9.17, 15) is 14.4 Å². The van der Waals surface area contributed by atoms with Gasteiger partial charge in [-0.25, -0.2) is 0 Å². The Morgan fingerprint density at radius 2 is 1.89 bits per heavy atom. The number of hydrogen-bond acceptors (Lipinski definition) is 5. The van der Waals surface area contributed by atoms with Crippen LogP contribution in [0.1, 0.15) is 16.7 Å². The smallest absolute Gasteiger partial charge is 0.293 e. The molecule has 0 aromatic heterocycles. The number of carbonyl (C=O) groups excluding carboxylic acids is 3. The number of carbonyl (C=O) groups is 3. The van der Waals surface area contributed by atoms with Gasteiger partial charge >= 0.3 is 0 Å². The summed E-state index contributed by atoms with van der Waals surface area (Å²) < 4.78 is 6.51. The van der Waals surface area contributed by atoms with Crippen molar-refractivity contribution < 1.29 is 19.1 Å². The minimum absolute atomic E-state index is 0.202. The fourth-order valence-corrected chi connectivity index (χ4v) is 4.71. The van der Waals surface area contributed by atoms with Crippen LogP contribution in [0.5, 0.6) is 5.75 Å². The number of nitrogens with zero attached hydrogens (tertiary/aromatic N) is 1. The Bertz CT molecular complexity index is 1330. The predicted octanol–water partition coefficient (Wildman–Crippen LogP) is 6.66. The maximum Gasteiger partial charge on any atom is 0.293 e. The van der Waals surface area contributed by atoms with Crippen molar-refractivity contribution in [1.82, 2.24) is 4.90 Å². The van der Waals surface area contributed by atoms with Crippen LogP contribution in [0, 0.1) is 6.92 Å². The molecule has 9 heteroatoms. The summed E-state index contributed by atoms with van der Waals surface area (Å²) in [5.74, 6) is -0.328. The first kappa shape index (κ1) is 25.0. The molecule has 1 aliphatic rings. The molecule has 0 bridgehead atoms. The van der Waals surface area contributed by atoms with E-state index in [2.05, 4.69) is 21.2 Å².